The second-order valence-electron chi connectivity index (χ2n) is 16.9. The maximum absolute atomic E-state index is 13.4. The monoisotopic (exact) mass is 1120 g/mol. The molecule has 0 atom stereocenters. The molecule has 4 heterocycles. The van der Waals surface area contributed by atoms with Gasteiger partial charge in [-0.05, 0) is 83.6 Å². The van der Waals surface area contributed by atoms with Gasteiger partial charge in [0, 0.05) is 75.1 Å². The van der Waals surface area contributed by atoms with Crippen molar-refractivity contribution in [3.63, 3.8) is 0 Å². The van der Waals surface area contributed by atoms with Crippen molar-refractivity contribution >= 4 is 126 Å². The number of aromatic nitrogens is 4. The van der Waals surface area contributed by atoms with Crippen LogP contribution in [-0.2, 0) is 68.7 Å². The minimum Gasteiger partial charge on any atom is -0.344 e. The number of rotatable bonds is 14. The second kappa shape index (κ2) is 19.5. The van der Waals surface area contributed by atoms with E-state index < -0.39 is 89.7 Å². The van der Waals surface area contributed by atoms with Crippen LogP contribution in [0.25, 0.3) is 21.5 Å². The molecule has 0 aliphatic heterocycles. The Kier molecular flexibility index (Phi) is 13.8. The summed E-state index contributed by atoms with van der Waals surface area (Å²) in [5, 5.41) is 15.2. The molecule has 27 nitrogen and oxygen atoms in total. The molecule has 8 aromatic rings. The normalized spacial score (nSPS) is 12.1. The number of nitrogens with zero attached hydrogens (tertiary/aromatic N) is 4. The summed E-state index contributed by atoms with van der Waals surface area (Å²) in [5.41, 5.74) is 0.560. The van der Waals surface area contributed by atoms with Crippen LogP contribution in [0.5, 0.6) is 0 Å². The number of nitrogens with one attached hydrogen (secondary N) is 6. The number of hydrogen-bond acceptors (Lipinski definition) is 13. The average molecular weight is 1120 g/mol. The van der Waals surface area contributed by atoms with Crippen molar-refractivity contribution in [2.24, 2.45) is 28.2 Å². The molecule has 4 aromatic carbocycles. The molecule has 0 aliphatic rings. The summed E-state index contributed by atoms with van der Waals surface area (Å²) in [4.78, 5) is 63.9. The minimum atomic E-state index is -4.97. The molecule has 76 heavy (non-hydrogen) atoms. The fourth-order valence-corrected chi connectivity index (χ4v) is 10.5. The Morgan fingerprint density at radius 2 is 0.632 bits per heavy atom. The van der Waals surface area contributed by atoms with E-state index >= 15 is 0 Å². The number of urea groups is 1. The predicted molar refractivity (Wildman–Crippen MR) is 273 cm³/mol. The predicted octanol–water partition coefficient (Wildman–Crippen LogP) is 4.99. The third-order valence-corrected chi connectivity index (χ3v) is 14.9. The van der Waals surface area contributed by atoms with E-state index in [1.54, 1.807) is 0 Å². The summed E-state index contributed by atoms with van der Waals surface area (Å²) in [6, 6.07) is 15.0. The molecule has 8 rings (SSSR count). The Labute approximate surface area is 430 Å². The highest BCUT2D eigenvalue weighted by Gasteiger charge is 2.24. The van der Waals surface area contributed by atoms with Gasteiger partial charge in [-0.2, -0.15) is 33.7 Å². The van der Waals surface area contributed by atoms with Crippen molar-refractivity contribution in [1.29, 1.82) is 0 Å². The van der Waals surface area contributed by atoms with Crippen molar-refractivity contribution < 1.29 is 75.9 Å². The second-order valence-corrected chi connectivity index (χ2v) is 22.5. The van der Waals surface area contributed by atoms with Gasteiger partial charge in [0.05, 0.1) is 32.5 Å². The first-order chi connectivity index (χ1) is 35.3. The zero-order chi connectivity index (χ0) is 55.6. The van der Waals surface area contributed by atoms with E-state index in [2.05, 4.69) is 31.9 Å². The third-order valence-electron chi connectivity index (χ3n) is 11.4. The number of fused-ring (bicyclic) bond motifs is 2. The molecule has 0 unspecified atom stereocenters. The first-order valence-corrected chi connectivity index (χ1v) is 27.1. The summed E-state index contributed by atoms with van der Waals surface area (Å²) in [6.07, 6.45) is 5.70. The van der Waals surface area contributed by atoms with Crippen LogP contribution >= 0.6 is 0 Å². The number of aryl methyl sites for hydroxylation is 4. The van der Waals surface area contributed by atoms with Gasteiger partial charge in [0.1, 0.15) is 32.6 Å². The fraction of sp³-hybridized carbons (Fsp3) is 0.0889. The molecule has 0 saturated heterocycles. The fourth-order valence-electron chi connectivity index (χ4n) is 8.01. The highest BCUT2D eigenvalue weighted by atomic mass is 32.2. The lowest BCUT2D eigenvalue weighted by molar-refractivity contribution is 0.101. The summed E-state index contributed by atoms with van der Waals surface area (Å²) >= 11 is 0. The van der Waals surface area contributed by atoms with Crippen LogP contribution < -0.4 is 31.9 Å². The SMILES string of the molecule is Cn1cc(NC(=O)Nc2cc(C(=O)Nc3cc(C(=O)Nc4cc(S(=O)(=O)O)c5cc(S(=O)(=O)O)ccc5c4)n(C)c3)n(C)c2)cc1C(=O)Nc1cc(C(=O)Nc2cc(S(=O)(=O)O)c3cc(S(=O)(=O)O)ccc3c2)n(C)c1. The Bertz CT molecular complexity index is 4020. The van der Waals surface area contributed by atoms with E-state index in [1.165, 1.54) is 120 Å². The Hall–Kier alpha value is -8.69. The van der Waals surface area contributed by atoms with Gasteiger partial charge >= 0.3 is 6.03 Å². The lowest BCUT2D eigenvalue weighted by atomic mass is 10.1. The maximum atomic E-state index is 13.4. The zero-order valence-electron chi connectivity index (χ0n) is 39.4. The summed E-state index contributed by atoms with van der Waals surface area (Å²) in [5.74, 6) is -2.86. The highest BCUT2D eigenvalue weighted by molar-refractivity contribution is 7.87. The molecule has 0 fully saturated rings. The van der Waals surface area contributed by atoms with Gasteiger partial charge in [0.2, 0.25) is 0 Å². The van der Waals surface area contributed by atoms with Crippen LogP contribution in [0.15, 0.2) is 129 Å². The zero-order valence-corrected chi connectivity index (χ0v) is 42.7. The van der Waals surface area contributed by atoms with Crippen molar-refractivity contribution in [2.75, 3.05) is 31.9 Å². The highest BCUT2D eigenvalue weighted by Crippen LogP contribution is 2.32. The molecule has 0 bridgehead atoms. The molecular formula is C45H40N10O17S4. The molecule has 6 amide bonds. The van der Waals surface area contributed by atoms with Gasteiger partial charge in [-0.3, -0.25) is 37.4 Å². The van der Waals surface area contributed by atoms with Crippen molar-refractivity contribution in [3.8, 4) is 0 Å². The van der Waals surface area contributed by atoms with Gasteiger partial charge in [-0.25, -0.2) is 4.79 Å². The number of anilines is 6. The number of benzene rings is 4. The molecule has 4 aromatic heterocycles. The molecule has 31 heteroatoms. The van der Waals surface area contributed by atoms with Crippen LogP contribution in [0, 0.1) is 0 Å². The number of hydrogen-bond donors (Lipinski definition) is 10. The van der Waals surface area contributed by atoms with E-state index in [-0.39, 0.29) is 78.4 Å². The first-order valence-electron chi connectivity index (χ1n) is 21.4. The van der Waals surface area contributed by atoms with Crippen LogP contribution in [-0.4, -0.2) is 99.8 Å². The van der Waals surface area contributed by atoms with Crippen molar-refractivity contribution in [2.45, 2.75) is 19.6 Å². The van der Waals surface area contributed by atoms with Crippen LogP contribution in [0.4, 0.5) is 38.9 Å². The number of carbonyl (C=O) groups is 5. The number of carbonyl (C=O) groups excluding carboxylic acids is 5. The Morgan fingerprint density at radius 3 is 0.908 bits per heavy atom. The van der Waals surface area contributed by atoms with Gasteiger partial charge in [0.25, 0.3) is 64.1 Å². The first kappa shape index (κ1) is 53.6. The average Bonchev–Trinajstić information content (AvgIpc) is 4.08. The van der Waals surface area contributed by atoms with Gasteiger partial charge in [-0.1, -0.05) is 12.1 Å². The van der Waals surface area contributed by atoms with Gasteiger partial charge in [0.15, 0.2) is 0 Å². The van der Waals surface area contributed by atoms with Crippen molar-refractivity contribution in [3.05, 3.63) is 132 Å². The number of amides is 6. The molecule has 10 N–H and O–H groups in total. The smallest absolute Gasteiger partial charge is 0.323 e. The Morgan fingerprint density at radius 1 is 0.355 bits per heavy atom. The molecule has 396 valence electrons. The largest absolute Gasteiger partial charge is 0.344 e. The molecule has 0 spiro atoms. The van der Waals surface area contributed by atoms with E-state index in [4.69, 9.17) is 0 Å². The van der Waals surface area contributed by atoms with Crippen molar-refractivity contribution in [1.82, 2.24) is 18.3 Å². The van der Waals surface area contributed by atoms with Gasteiger partial charge < -0.3 is 50.2 Å². The molecular weight excluding hydrogens is 1080 g/mol. The molecule has 0 saturated carbocycles. The van der Waals surface area contributed by atoms with E-state index in [1.807, 2.05) is 0 Å². The molecule has 0 aliphatic carbocycles. The summed E-state index contributed by atoms with van der Waals surface area (Å²) < 4.78 is 140. The van der Waals surface area contributed by atoms with E-state index in [0.717, 1.165) is 36.4 Å². The quantitative estimate of drug-likeness (QED) is 0.0641. The maximum Gasteiger partial charge on any atom is 0.323 e. The topological polar surface area (TPSA) is 395 Å². The molecule has 0 radical (unpaired) electrons. The van der Waals surface area contributed by atoms with Gasteiger partial charge in [-0.15, -0.1) is 0 Å². The van der Waals surface area contributed by atoms with Crippen LogP contribution in [0.2, 0.25) is 0 Å². The van der Waals surface area contributed by atoms with Crippen LogP contribution in [0.3, 0.4) is 0 Å². The third kappa shape index (κ3) is 11.5. The lowest BCUT2D eigenvalue weighted by Gasteiger charge is -2.11. The Balaban J connectivity index is 0.879. The standard InChI is InChI=1S/C45H40N10O17S4/c1-52-19-27(11-35(52)41(56)46-25-9-23-5-7-31(73(61,62)63)17-33(23)39(15-25)75(67,68)69)48-43(58)37-13-29(21-54(37)3)50-45(60)51-30-14-38(55(4)22-30)44(59)49-28-12-36(53(2)20-28)42(57)47-26-10-24-6-8-32(74(64,65)66)18-34(24)40(16-26)76(70,71)72/h5-22H,1-4H3,(H,46,56)(H,47,57)(H,48,58)(H,49,59)(H2,50,51,60)(H,61,62,63)(H,64,65,66)(H,67,68,69)(H,70,71,72). The minimum absolute atomic E-state index is 0.0138. The van der Waals surface area contributed by atoms with E-state index in [0.29, 0.717) is 0 Å². The van der Waals surface area contributed by atoms with Crippen LogP contribution in [0.1, 0.15) is 42.0 Å². The summed E-state index contributed by atoms with van der Waals surface area (Å²) in [7, 11) is -13.4. The summed E-state index contributed by atoms with van der Waals surface area (Å²) in [6.45, 7) is 0. The van der Waals surface area contributed by atoms with E-state index in [9.17, 15) is 75.9 Å². The lowest BCUT2D eigenvalue weighted by Crippen LogP contribution is -2.18.